The number of halogens is 1. The van der Waals surface area contributed by atoms with Gasteiger partial charge < -0.3 is 10.1 Å². The van der Waals surface area contributed by atoms with E-state index < -0.39 is 0 Å². The van der Waals surface area contributed by atoms with Crippen molar-refractivity contribution in [2.75, 3.05) is 12.4 Å². The molecule has 0 spiro atoms. The topological polar surface area (TPSA) is 21.3 Å². The highest BCUT2D eigenvalue weighted by Crippen LogP contribution is 2.26. The van der Waals surface area contributed by atoms with Crippen LogP contribution in [0, 0.1) is 0 Å². The summed E-state index contributed by atoms with van der Waals surface area (Å²) in [5.74, 6) is 0.896. The van der Waals surface area contributed by atoms with E-state index >= 15 is 0 Å². The van der Waals surface area contributed by atoms with E-state index in [1.807, 2.05) is 6.07 Å². The quantitative estimate of drug-likeness (QED) is 0.463. The van der Waals surface area contributed by atoms with Crippen molar-refractivity contribution in [3.05, 3.63) is 22.7 Å². The molecule has 0 aliphatic heterocycles. The lowest BCUT2D eigenvalue weighted by Gasteiger charge is -2.20. The summed E-state index contributed by atoms with van der Waals surface area (Å²) in [7, 11) is 1.71. The Morgan fingerprint density at radius 1 is 1.00 bits per heavy atom. The molecule has 0 heterocycles. The van der Waals surface area contributed by atoms with Crippen LogP contribution in [0.25, 0.3) is 0 Å². The molecule has 3 heteroatoms. The van der Waals surface area contributed by atoms with Gasteiger partial charge in [-0.2, -0.15) is 0 Å². The van der Waals surface area contributed by atoms with Crippen LogP contribution in [-0.4, -0.2) is 13.2 Å². The van der Waals surface area contributed by atoms with Crippen molar-refractivity contribution in [1.29, 1.82) is 0 Å². The Balaban J connectivity index is 2.62. The SMILES string of the molecule is CCCCCC(CCCCC)Nc1cc(Br)cc(OC)c1. The second-order valence-corrected chi connectivity index (χ2v) is 6.63. The van der Waals surface area contributed by atoms with Gasteiger partial charge in [-0.3, -0.25) is 0 Å². The van der Waals surface area contributed by atoms with Crippen LogP contribution in [0.1, 0.15) is 65.2 Å². The van der Waals surface area contributed by atoms with Gasteiger partial charge >= 0.3 is 0 Å². The average Bonchev–Trinajstić information content (AvgIpc) is 2.47. The largest absolute Gasteiger partial charge is 0.497 e. The summed E-state index contributed by atoms with van der Waals surface area (Å²) in [4.78, 5) is 0. The summed E-state index contributed by atoms with van der Waals surface area (Å²) in [5, 5.41) is 3.70. The lowest BCUT2D eigenvalue weighted by molar-refractivity contribution is 0.414. The van der Waals surface area contributed by atoms with Crippen LogP contribution in [0.15, 0.2) is 22.7 Å². The maximum absolute atomic E-state index is 5.34. The Morgan fingerprint density at radius 3 is 2.14 bits per heavy atom. The fourth-order valence-corrected chi connectivity index (χ4v) is 3.04. The first kappa shape index (κ1) is 18.3. The van der Waals surface area contributed by atoms with Crippen LogP contribution in [0.4, 0.5) is 5.69 Å². The summed E-state index contributed by atoms with van der Waals surface area (Å²) < 4.78 is 6.40. The van der Waals surface area contributed by atoms with Gasteiger partial charge in [-0.15, -0.1) is 0 Å². The number of hydrogen-bond donors (Lipinski definition) is 1. The maximum atomic E-state index is 5.34. The standard InChI is InChI=1S/C18H30BrNO/c1-4-6-8-10-16(11-9-7-5-2)20-17-12-15(19)13-18(14-17)21-3/h12-14,16,20H,4-11H2,1-3H3. The molecule has 0 fully saturated rings. The van der Waals surface area contributed by atoms with E-state index in [2.05, 4.69) is 47.2 Å². The molecule has 1 N–H and O–H groups in total. The monoisotopic (exact) mass is 355 g/mol. The minimum atomic E-state index is 0.571. The number of hydrogen-bond acceptors (Lipinski definition) is 2. The molecule has 0 saturated carbocycles. The number of unbranched alkanes of at least 4 members (excludes halogenated alkanes) is 4. The van der Waals surface area contributed by atoms with E-state index in [0.29, 0.717) is 6.04 Å². The molecule has 0 aliphatic rings. The molecular formula is C18H30BrNO. The normalized spacial score (nSPS) is 10.9. The predicted octanol–water partition coefficient (Wildman–Crippen LogP) is 6.40. The Bertz CT molecular complexity index is 385. The molecule has 21 heavy (non-hydrogen) atoms. The molecule has 0 aliphatic carbocycles. The number of methoxy groups -OCH3 is 1. The molecule has 0 amide bonds. The molecule has 2 nitrogen and oxygen atoms in total. The predicted molar refractivity (Wildman–Crippen MR) is 96.4 cm³/mol. The summed E-state index contributed by atoms with van der Waals surface area (Å²) in [5.41, 5.74) is 1.15. The zero-order valence-electron chi connectivity index (χ0n) is 13.8. The minimum absolute atomic E-state index is 0.571. The minimum Gasteiger partial charge on any atom is -0.497 e. The van der Waals surface area contributed by atoms with Gasteiger partial charge in [0.2, 0.25) is 0 Å². The Hall–Kier alpha value is -0.700. The number of benzene rings is 1. The van der Waals surface area contributed by atoms with Gasteiger partial charge in [-0.25, -0.2) is 0 Å². The summed E-state index contributed by atoms with van der Waals surface area (Å²) in [6, 6.07) is 6.78. The van der Waals surface area contributed by atoms with Crippen molar-refractivity contribution in [3.8, 4) is 5.75 Å². The lowest BCUT2D eigenvalue weighted by atomic mass is 10.0. The molecule has 120 valence electrons. The van der Waals surface area contributed by atoms with Crippen LogP contribution < -0.4 is 10.1 Å². The van der Waals surface area contributed by atoms with Gasteiger partial charge in [0.1, 0.15) is 5.75 Å². The van der Waals surface area contributed by atoms with E-state index in [1.54, 1.807) is 7.11 Å². The highest BCUT2D eigenvalue weighted by molar-refractivity contribution is 9.10. The molecular weight excluding hydrogens is 326 g/mol. The van der Waals surface area contributed by atoms with Crippen molar-refractivity contribution in [2.24, 2.45) is 0 Å². The van der Waals surface area contributed by atoms with Crippen LogP contribution in [0.3, 0.4) is 0 Å². The fourth-order valence-electron chi connectivity index (χ4n) is 2.57. The molecule has 1 rings (SSSR count). The third kappa shape index (κ3) is 7.75. The Labute approximate surface area is 138 Å². The Morgan fingerprint density at radius 2 is 1.62 bits per heavy atom. The summed E-state index contributed by atoms with van der Waals surface area (Å²) in [6.45, 7) is 4.53. The zero-order chi connectivity index (χ0) is 15.5. The van der Waals surface area contributed by atoms with Crippen LogP contribution in [0.2, 0.25) is 0 Å². The van der Waals surface area contributed by atoms with Crippen molar-refractivity contribution in [2.45, 2.75) is 71.3 Å². The lowest BCUT2D eigenvalue weighted by Crippen LogP contribution is -2.19. The molecule has 0 atom stereocenters. The second kappa shape index (κ2) is 10.9. The van der Waals surface area contributed by atoms with E-state index in [4.69, 9.17) is 4.74 Å². The average molecular weight is 356 g/mol. The van der Waals surface area contributed by atoms with Crippen LogP contribution >= 0.6 is 15.9 Å². The van der Waals surface area contributed by atoms with Gasteiger partial charge in [0.25, 0.3) is 0 Å². The first-order chi connectivity index (χ1) is 10.2. The molecule has 0 saturated heterocycles. The smallest absolute Gasteiger partial charge is 0.122 e. The fraction of sp³-hybridized carbons (Fsp3) is 0.667. The molecule has 1 aromatic carbocycles. The second-order valence-electron chi connectivity index (χ2n) is 5.71. The number of anilines is 1. The number of rotatable bonds is 11. The van der Waals surface area contributed by atoms with Gasteiger partial charge in [0.15, 0.2) is 0 Å². The van der Waals surface area contributed by atoms with E-state index in [0.717, 1.165) is 15.9 Å². The van der Waals surface area contributed by atoms with Gasteiger partial charge in [0, 0.05) is 22.3 Å². The Kier molecular flexibility index (Phi) is 9.56. The van der Waals surface area contributed by atoms with Crippen molar-refractivity contribution in [1.82, 2.24) is 0 Å². The maximum Gasteiger partial charge on any atom is 0.122 e. The zero-order valence-corrected chi connectivity index (χ0v) is 15.3. The first-order valence-electron chi connectivity index (χ1n) is 8.30. The van der Waals surface area contributed by atoms with E-state index in [1.165, 1.54) is 51.4 Å². The highest BCUT2D eigenvalue weighted by atomic mass is 79.9. The van der Waals surface area contributed by atoms with Crippen molar-refractivity contribution in [3.63, 3.8) is 0 Å². The highest BCUT2D eigenvalue weighted by Gasteiger charge is 2.09. The van der Waals surface area contributed by atoms with E-state index in [9.17, 15) is 0 Å². The third-order valence-electron chi connectivity index (χ3n) is 3.79. The van der Waals surface area contributed by atoms with Crippen molar-refractivity contribution >= 4 is 21.6 Å². The molecule has 0 unspecified atom stereocenters. The summed E-state index contributed by atoms with van der Waals surface area (Å²) in [6.07, 6.45) is 10.4. The van der Waals surface area contributed by atoms with Crippen LogP contribution in [0.5, 0.6) is 5.75 Å². The van der Waals surface area contributed by atoms with Crippen LogP contribution in [-0.2, 0) is 0 Å². The number of ether oxygens (including phenoxy) is 1. The van der Waals surface area contributed by atoms with Gasteiger partial charge in [-0.1, -0.05) is 68.3 Å². The van der Waals surface area contributed by atoms with Crippen molar-refractivity contribution < 1.29 is 4.74 Å². The first-order valence-corrected chi connectivity index (χ1v) is 9.10. The van der Waals surface area contributed by atoms with Gasteiger partial charge in [-0.05, 0) is 25.0 Å². The molecule has 1 aromatic rings. The summed E-state index contributed by atoms with van der Waals surface area (Å²) >= 11 is 3.55. The molecule has 0 aromatic heterocycles. The third-order valence-corrected chi connectivity index (χ3v) is 4.25. The number of nitrogens with one attached hydrogen (secondary N) is 1. The van der Waals surface area contributed by atoms with Gasteiger partial charge in [0.05, 0.1) is 7.11 Å². The van der Waals surface area contributed by atoms with E-state index in [-0.39, 0.29) is 0 Å². The molecule has 0 radical (unpaired) electrons. The molecule has 0 bridgehead atoms.